The Balaban J connectivity index is 1.48. The molecule has 3 aliphatic heterocycles. The Bertz CT molecular complexity index is 1090. The molecular weight excluding hydrogens is 482 g/mol. The molecule has 1 spiro atoms. The van der Waals surface area contributed by atoms with E-state index < -0.39 is 41.7 Å². The molecule has 0 saturated carbocycles. The monoisotopic (exact) mass is 519 g/mol. The Kier molecular flexibility index (Phi) is 7.46. The third-order valence-electron chi connectivity index (χ3n) is 7.13. The van der Waals surface area contributed by atoms with E-state index in [9.17, 15) is 19.8 Å². The number of rotatable bonds is 9. The lowest BCUT2D eigenvalue weighted by atomic mass is 9.86. The largest absolute Gasteiger partial charge is 0.449 e. The van der Waals surface area contributed by atoms with E-state index in [-0.39, 0.29) is 30.6 Å². The second-order valence-corrected chi connectivity index (χ2v) is 9.75. The topological polar surface area (TPSA) is 198 Å². The van der Waals surface area contributed by atoms with Crippen molar-refractivity contribution in [2.75, 3.05) is 19.7 Å². The number of esters is 1. The maximum absolute atomic E-state index is 12.8. The molecule has 4 atom stereocenters. The predicted octanol–water partition coefficient (Wildman–Crippen LogP) is -3.12. The highest BCUT2D eigenvalue weighted by Crippen LogP contribution is 2.39. The number of unbranched alkanes of at least 4 members (excludes halogenated alkanes) is 3. The zero-order valence-corrected chi connectivity index (χ0v) is 21.1. The third-order valence-corrected chi connectivity index (χ3v) is 7.13. The molecule has 13 heteroatoms. The molecule has 0 unspecified atom stereocenters. The van der Waals surface area contributed by atoms with Crippen LogP contribution in [-0.2, 0) is 9.47 Å². The van der Waals surface area contributed by atoms with Crippen LogP contribution in [-0.4, -0.2) is 88.1 Å². The Morgan fingerprint density at radius 2 is 1.95 bits per heavy atom. The number of carbonyl (C=O) groups is 2. The normalized spacial score (nSPS) is 27.4. The van der Waals surface area contributed by atoms with Gasteiger partial charge in [-0.15, -0.1) is 0 Å². The van der Waals surface area contributed by atoms with E-state index in [0.29, 0.717) is 6.54 Å². The van der Waals surface area contributed by atoms with Gasteiger partial charge in [-0.2, -0.15) is 0 Å². The van der Waals surface area contributed by atoms with Gasteiger partial charge in [-0.1, -0.05) is 43.9 Å². The highest BCUT2D eigenvalue weighted by molar-refractivity contribution is 5.89. The number of amides is 1. The number of benzene rings is 1. The summed E-state index contributed by atoms with van der Waals surface area (Å²) in [5.41, 5.74) is 11.8. The van der Waals surface area contributed by atoms with E-state index in [0.717, 1.165) is 31.2 Å². The maximum Gasteiger partial charge on any atom is 0.407 e. The lowest BCUT2D eigenvalue weighted by molar-refractivity contribution is -0.674. The van der Waals surface area contributed by atoms with Gasteiger partial charge < -0.3 is 25.0 Å². The lowest BCUT2D eigenvalue weighted by Gasteiger charge is -2.40. The summed E-state index contributed by atoms with van der Waals surface area (Å²) in [5.74, 6) is -3.20. The van der Waals surface area contributed by atoms with Crippen molar-refractivity contribution < 1.29 is 38.8 Å². The fourth-order valence-corrected chi connectivity index (χ4v) is 5.16. The number of hydrogen-bond donors (Lipinski definition) is 8. The number of nitrogens with two attached hydrogens (primary N) is 2. The average Bonchev–Trinajstić information content (AvgIpc) is 3.32. The van der Waals surface area contributed by atoms with Gasteiger partial charge >= 0.3 is 29.6 Å². The molecule has 1 aromatic rings. The first-order chi connectivity index (χ1) is 17.6. The number of alkyl carbamates (subject to hydrolysis) is 1. The van der Waals surface area contributed by atoms with Gasteiger partial charge in [-0.25, -0.2) is 19.5 Å². The first-order valence-corrected chi connectivity index (χ1v) is 12.6. The smallest absolute Gasteiger partial charge is 0.407 e. The van der Waals surface area contributed by atoms with Crippen LogP contribution in [0.5, 0.6) is 0 Å². The summed E-state index contributed by atoms with van der Waals surface area (Å²) in [4.78, 5) is 28.0. The van der Waals surface area contributed by atoms with Crippen molar-refractivity contribution in [2.45, 2.75) is 69.2 Å². The summed E-state index contributed by atoms with van der Waals surface area (Å²) >= 11 is 0. The van der Waals surface area contributed by atoms with Gasteiger partial charge in [0.1, 0.15) is 19.2 Å². The molecule has 0 radical (unpaired) electrons. The number of aryl methyl sites for hydroxylation is 1. The Hall–Kier alpha value is -3.58. The van der Waals surface area contributed by atoms with E-state index in [1.807, 2.05) is 6.92 Å². The Morgan fingerprint density at radius 3 is 2.65 bits per heavy atom. The summed E-state index contributed by atoms with van der Waals surface area (Å²) in [6, 6.07) is 5.20. The first kappa shape index (κ1) is 26.5. The molecule has 1 saturated heterocycles. The lowest BCUT2D eigenvalue weighted by Crippen LogP contribution is -2.91. The van der Waals surface area contributed by atoms with Crippen LogP contribution in [0, 0.1) is 6.92 Å². The molecule has 0 bridgehead atoms. The van der Waals surface area contributed by atoms with Crippen molar-refractivity contribution >= 4 is 24.0 Å². The molecule has 37 heavy (non-hydrogen) atoms. The van der Waals surface area contributed by atoms with E-state index in [4.69, 9.17) is 20.9 Å². The highest BCUT2D eigenvalue weighted by Gasteiger charge is 2.79. The van der Waals surface area contributed by atoms with E-state index >= 15 is 0 Å². The molecular formula is C24H37N7O6+2. The minimum absolute atomic E-state index is 0.0647. The summed E-state index contributed by atoms with van der Waals surface area (Å²) in [7, 11) is 0. The third kappa shape index (κ3) is 4.88. The van der Waals surface area contributed by atoms with E-state index in [1.54, 1.807) is 24.3 Å². The van der Waals surface area contributed by atoms with Crippen LogP contribution in [0.25, 0.3) is 0 Å². The van der Waals surface area contributed by atoms with Gasteiger partial charge in [0.2, 0.25) is 0 Å². The second kappa shape index (κ2) is 10.4. The van der Waals surface area contributed by atoms with Crippen molar-refractivity contribution in [1.82, 2.24) is 16.0 Å². The van der Waals surface area contributed by atoms with Crippen LogP contribution in [0.3, 0.4) is 0 Å². The van der Waals surface area contributed by atoms with Crippen molar-refractivity contribution in [3.8, 4) is 0 Å². The number of carbonyl (C=O) groups excluding carboxylic acids is 2. The predicted molar refractivity (Wildman–Crippen MR) is 132 cm³/mol. The van der Waals surface area contributed by atoms with Crippen LogP contribution in [0.4, 0.5) is 4.79 Å². The summed E-state index contributed by atoms with van der Waals surface area (Å²) in [5, 5.41) is 31.5. The molecule has 1 aromatic carbocycles. The molecule has 4 rings (SSSR count). The average molecular weight is 520 g/mol. The number of nitrogens with one attached hydrogen (secondary N) is 4. The quantitative estimate of drug-likeness (QED) is 0.0715. The van der Waals surface area contributed by atoms with Crippen LogP contribution < -0.4 is 32.4 Å². The van der Waals surface area contributed by atoms with Crippen molar-refractivity contribution in [3.05, 3.63) is 35.4 Å². The number of aliphatic hydroxyl groups is 2. The maximum atomic E-state index is 12.8. The van der Waals surface area contributed by atoms with Gasteiger partial charge in [0.05, 0.1) is 5.56 Å². The standard InChI is InChI=1S/C24H35N7O6/c1-3-4-5-6-11-27-22(33)36-13-16-18-23(30-20(25)29-18)24(34,35)17(12-31(23)21(26)28-16)37-19(32)15-9-7-14(2)8-10-15/h7-10,16-18,34-35H,3-6,11-13H2,1-2H3,(H6,25,26,27,28,29,30,33)/p+2/t16-,17-,18-,23-/m0/s1. The van der Waals surface area contributed by atoms with Crippen LogP contribution >= 0.6 is 0 Å². The highest BCUT2D eigenvalue weighted by atomic mass is 16.6. The molecule has 13 nitrogen and oxygen atoms in total. The fraction of sp³-hybridized carbons (Fsp3) is 0.583. The van der Waals surface area contributed by atoms with Crippen LogP contribution in [0.2, 0.25) is 0 Å². The van der Waals surface area contributed by atoms with Crippen molar-refractivity contribution in [2.24, 2.45) is 11.5 Å². The molecule has 1 amide bonds. The zero-order valence-electron chi connectivity index (χ0n) is 21.1. The molecule has 3 heterocycles. The number of nitrogens with zero attached hydrogens (tertiary/aromatic N) is 1. The summed E-state index contributed by atoms with van der Waals surface area (Å²) < 4.78 is 12.4. The molecule has 0 aliphatic carbocycles. The van der Waals surface area contributed by atoms with Crippen LogP contribution in [0.15, 0.2) is 24.3 Å². The summed E-state index contributed by atoms with van der Waals surface area (Å²) in [6.07, 6.45) is 2.09. The molecule has 0 aromatic heterocycles. The molecule has 1 fully saturated rings. The van der Waals surface area contributed by atoms with Crippen molar-refractivity contribution in [1.29, 1.82) is 0 Å². The Labute approximate surface area is 214 Å². The Morgan fingerprint density at radius 1 is 1.22 bits per heavy atom. The number of guanidine groups is 2. The van der Waals surface area contributed by atoms with E-state index in [2.05, 4.69) is 27.9 Å². The zero-order chi connectivity index (χ0) is 26.8. The van der Waals surface area contributed by atoms with Gasteiger partial charge in [0.25, 0.3) is 5.79 Å². The molecule has 10 N–H and O–H groups in total. The minimum Gasteiger partial charge on any atom is -0.449 e. The van der Waals surface area contributed by atoms with Gasteiger partial charge in [-0.05, 0) is 25.5 Å². The first-order valence-electron chi connectivity index (χ1n) is 12.6. The number of hydrogen-bond acceptors (Lipinski definition) is 10. The van der Waals surface area contributed by atoms with Gasteiger partial charge in [-0.3, -0.25) is 21.8 Å². The van der Waals surface area contributed by atoms with Crippen molar-refractivity contribution in [3.63, 3.8) is 0 Å². The SMILES string of the molecule is CCCCCCNC(=O)OC[C@@H]1NC(N)=[N+]2C[C@H](OC(=O)c3ccc(C)cc3)C(O)(O)[C@@]23NC(N)=[NH+][C@@H]13. The molecule has 3 aliphatic rings. The number of ether oxygens (including phenoxy) is 2. The van der Waals surface area contributed by atoms with E-state index in [1.165, 1.54) is 4.58 Å². The van der Waals surface area contributed by atoms with Gasteiger partial charge in [0.15, 0.2) is 12.1 Å². The molecule has 202 valence electrons. The van der Waals surface area contributed by atoms with Crippen LogP contribution in [0.1, 0.15) is 48.5 Å². The minimum atomic E-state index is -2.63. The van der Waals surface area contributed by atoms with Gasteiger partial charge in [0, 0.05) is 6.54 Å². The summed E-state index contributed by atoms with van der Waals surface area (Å²) in [6.45, 7) is 4.22. The fourth-order valence-electron chi connectivity index (χ4n) is 5.16. The second-order valence-electron chi connectivity index (χ2n) is 9.75.